The minimum atomic E-state index is -5.17. The molecule has 3 heterocycles. The van der Waals surface area contributed by atoms with Crippen molar-refractivity contribution in [3.05, 3.63) is 52.6 Å². The number of carbonyl (C=O) groups excluding carboxylic acids is 4. The van der Waals surface area contributed by atoms with Crippen molar-refractivity contribution in [1.29, 1.82) is 0 Å². The fourth-order valence-corrected chi connectivity index (χ4v) is 5.56. The zero-order valence-electron chi connectivity index (χ0n) is 29.2. The molecule has 20 heteroatoms. The van der Waals surface area contributed by atoms with Crippen LogP contribution in [0.1, 0.15) is 46.2 Å². The Balaban J connectivity index is 1.38. The number of alkyl halides is 3. The van der Waals surface area contributed by atoms with Crippen molar-refractivity contribution in [1.82, 2.24) is 34.9 Å². The summed E-state index contributed by atoms with van der Waals surface area (Å²) in [6, 6.07) is 5.49. The summed E-state index contributed by atoms with van der Waals surface area (Å²) in [5.41, 5.74) is -2.32. The van der Waals surface area contributed by atoms with Gasteiger partial charge in [0.05, 0.1) is 24.4 Å². The van der Waals surface area contributed by atoms with Crippen LogP contribution in [0.4, 0.5) is 33.4 Å². The molecule has 52 heavy (non-hydrogen) atoms. The molecular weight excluding hydrogens is 697 g/mol. The summed E-state index contributed by atoms with van der Waals surface area (Å²) >= 11 is 0. The third-order valence-electron chi connectivity index (χ3n) is 8.05. The van der Waals surface area contributed by atoms with Gasteiger partial charge in [0.1, 0.15) is 17.0 Å². The Bertz CT molecular complexity index is 1720. The normalized spacial score (nSPS) is 18.3. The number of carboxylic acid groups (broad SMARTS) is 1. The van der Waals surface area contributed by atoms with Gasteiger partial charge in [-0.1, -0.05) is 12.1 Å². The van der Waals surface area contributed by atoms with Gasteiger partial charge in [-0.15, -0.1) is 0 Å². The molecule has 2 fully saturated rings. The molecule has 2 aliphatic rings. The highest BCUT2D eigenvalue weighted by Gasteiger charge is 2.47. The molecular formula is C32H41F3N8O9. The van der Waals surface area contributed by atoms with Gasteiger partial charge in [0, 0.05) is 45.5 Å². The van der Waals surface area contributed by atoms with E-state index < -0.39 is 71.7 Å². The van der Waals surface area contributed by atoms with Crippen LogP contribution < -0.4 is 21.6 Å². The quantitative estimate of drug-likeness (QED) is 0.326. The van der Waals surface area contributed by atoms with Crippen LogP contribution in [0.5, 0.6) is 0 Å². The van der Waals surface area contributed by atoms with E-state index in [-0.39, 0.29) is 45.1 Å². The van der Waals surface area contributed by atoms with Crippen molar-refractivity contribution in [2.75, 3.05) is 51.2 Å². The minimum absolute atomic E-state index is 0.0514. The Morgan fingerprint density at radius 3 is 2.12 bits per heavy atom. The predicted octanol–water partition coefficient (Wildman–Crippen LogP) is 2.31. The molecule has 6 amide bonds. The lowest BCUT2D eigenvalue weighted by Gasteiger charge is -2.40. The number of amides is 6. The molecule has 2 atom stereocenters. The van der Waals surface area contributed by atoms with Crippen LogP contribution >= 0.6 is 0 Å². The number of aromatic nitrogens is 2. The molecule has 0 aliphatic carbocycles. The molecule has 0 radical (unpaired) electrons. The first-order valence-corrected chi connectivity index (χ1v) is 16.2. The van der Waals surface area contributed by atoms with E-state index >= 15 is 0 Å². The van der Waals surface area contributed by atoms with Crippen molar-refractivity contribution in [3.63, 3.8) is 0 Å². The fourth-order valence-electron chi connectivity index (χ4n) is 5.56. The van der Waals surface area contributed by atoms with Gasteiger partial charge in [-0.05, 0) is 58.4 Å². The molecule has 284 valence electrons. The van der Waals surface area contributed by atoms with E-state index in [1.54, 1.807) is 20.8 Å². The Morgan fingerprint density at radius 1 is 0.942 bits per heavy atom. The van der Waals surface area contributed by atoms with Crippen LogP contribution in [-0.4, -0.2) is 129 Å². The van der Waals surface area contributed by atoms with E-state index in [0.717, 1.165) is 4.57 Å². The first kappa shape index (κ1) is 39.4. The number of anilines is 1. The summed E-state index contributed by atoms with van der Waals surface area (Å²) in [6.45, 7) is 7.47. The number of benzene rings is 1. The van der Waals surface area contributed by atoms with Gasteiger partial charge in [-0.25, -0.2) is 19.2 Å². The SMILES string of the molecule is CC(C)(C)OC(=O)NC[C@H]1CN(C(=O)C(F)(F)F)C(c2ccc(-n3ccc(NC(=O)N4CCN(C(=O)C(C)(C)NC(=O)O)CC4)nc3=O)cc2)CO1. The summed E-state index contributed by atoms with van der Waals surface area (Å²) in [6.07, 6.45) is -6.88. The smallest absolute Gasteiger partial charge is 0.465 e. The summed E-state index contributed by atoms with van der Waals surface area (Å²) in [7, 11) is 0. The molecule has 0 saturated carbocycles. The third-order valence-corrected chi connectivity index (χ3v) is 8.05. The van der Waals surface area contributed by atoms with E-state index in [1.165, 1.54) is 60.2 Å². The number of morpholine rings is 1. The van der Waals surface area contributed by atoms with E-state index in [1.807, 2.05) is 0 Å². The Labute approximate surface area is 296 Å². The molecule has 1 unspecified atom stereocenters. The molecule has 4 rings (SSSR count). The maximum atomic E-state index is 13.6. The number of alkyl carbamates (subject to hydrolysis) is 1. The molecule has 2 aromatic rings. The molecule has 0 bridgehead atoms. The van der Waals surface area contributed by atoms with Crippen molar-refractivity contribution in [3.8, 4) is 5.69 Å². The first-order chi connectivity index (χ1) is 24.1. The molecule has 0 spiro atoms. The van der Waals surface area contributed by atoms with E-state index in [9.17, 15) is 41.9 Å². The number of nitrogens with zero attached hydrogens (tertiary/aromatic N) is 5. The van der Waals surface area contributed by atoms with E-state index in [0.29, 0.717) is 16.2 Å². The number of rotatable bonds is 7. The van der Waals surface area contributed by atoms with Gasteiger partial charge in [0.25, 0.3) is 0 Å². The second-order valence-corrected chi connectivity index (χ2v) is 13.6. The zero-order valence-corrected chi connectivity index (χ0v) is 29.2. The van der Waals surface area contributed by atoms with E-state index in [2.05, 4.69) is 20.9 Å². The molecule has 1 aromatic heterocycles. The van der Waals surface area contributed by atoms with Gasteiger partial charge < -0.3 is 39.9 Å². The number of urea groups is 1. The number of carbonyl (C=O) groups is 5. The number of hydrogen-bond donors (Lipinski definition) is 4. The van der Waals surface area contributed by atoms with Crippen LogP contribution in [0.15, 0.2) is 41.3 Å². The van der Waals surface area contributed by atoms with E-state index in [4.69, 9.17) is 14.6 Å². The van der Waals surface area contributed by atoms with Crippen molar-refractivity contribution in [2.24, 2.45) is 0 Å². The van der Waals surface area contributed by atoms with Gasteiger partial charge in [0.2, 0.25) is 5.91 Å². The number of halogens is 3. The topological polar surface area (TPSA) is 205 Å². The monoisotopic (exact) mass is 738 g/mol. The maximum absolute atomic E-state index is 13.6. The highest BCUT2D eigenvalue weighted by molar-refractivity contribution is 5.90. The molecule has 2 aliphatic heterocycles. The molecule has 17 nitrogen and oxygen atoms in total. The lowest BCUT2D eigenvalue weighted by Crippen LogP contribution is -2.60. The van der Waals surface area contributed by atoms with Crippen LogP contribution in [0, 0.1) is 0 Å². The summed E-state index contributed by atoms with van der Waals surface area (Å²) in [5.74, 6) is -2.56. The minimum Gasteiger partial charge on any atom is -0.465 e. The molecule has 1 aromatic carbocycles. The average Bonchev–Trinajstić information content (AvgIpc) is 3.05. The lowest BCUT2D eigenvalue weighted by atomic mass is 10.0. The molecule has 4 N–H and O–H groups in total. The van der Waals surface area contributed by atoms with Gasteiger partial charge in [0.15, 0.2) is 0 Å². The number of nitrogens with one attached hydrogen (secondary N) is 3. The van der Waals surface area contributed by atoms with Crippen molar-refractivity contribution in [2.45, 2.75) is 64.1 Å². The highest BCUT2D eigenvalue weighted by Crippen LogP contribution is 2.31. The van der Waals surface area contributed by atoms with Gasteiger partial charge >= 0.3 is 36.0 Å². The summed E-state index contributed by atoms with van der Waals surface area (Å²) in [4.78, 5) is 81.4. The first-order valence-electron chi connectivity index (χ1n) is 16.2. The molecule has 2 saturated heterocycles. The number of hydrogen-bond acceptors (Lipinski definition) is 9. The third kappa shape index (κ3) is 10.1. The number of piperazine rings is 1. The van der Waals surface area contributed by atoms with Gasteiger partial charge in [-0.3, -0.25) is 19.5 Å². The number of ether oxygens (including phenoxy) is 2. The fraction of sp³-hybridized carbons (Fsp3) is 0.531. The summed E-state index contributed by atoms with van der Waals surface area (Å²) < 4.78 is 52.8. The van der Waals surface area contributed by atoms with Crippen LogP contribution in [-0.2, 0) is 19.1 Å². The largest absolute Gasteiger partial charge is 0.471 e. The standard InChI is InChI=1S/C32H41F3N8O9/c1-30(2,3)52-29(50)36-16-21-17-43(25(45)32(33,34)35)22(18-51-21)19-6-8-20(9-7-19)42-11-10-23(38-27(42)47)37-26(46)41-14-12-40(13-15-41)24(44)31(4,5)39-28(48)49/h6-11,21-22,39H,12-18H2,1-5H3,(H,36,50)(H,48,49)(H,37,38,46,47)/t21-,22?/m0/s1. The Kier molecular flexibility index (Phi) is 11.7. The van der Waals surface area contributed by atoms with Crippen LogP contribution in [0.3, 0.4) is 0 Å². The zero-order chi connectivity index (χ0) is 38.6. The Hall–Kier alpha value is -5.40. The Morgan fingerprint density at radius 2 is 1.56 bits per heavy atom. The van der Waals surface area contributed by atoms with Crippen molar-refractivity contribution >= 4 is 35.8 Å². The van der Waals surface area contributed by atoms with Gasteiger partial charge in [-0.2, -0.15) is 18.2 Å². The predicted molar refractivity (Wildman–Crippen MR) is 177 cm³/mol. The highest BCUT2D eigenvalue weighted by atomic mass is 19.4. The lowest BCUT2D eigenvalue weighted by molar-refractivity contribution is -0.196. The maximum Gasteiger partial charge on any atom is 0.471 e. The second-order valence-electron chi connectivity index (χ2n) is 13.6. The van der Waals surface area contributed by atoms with Crippen LogP contribution in [0.25, 0.3) is 5.69 Å². The average molecular weight is 739 g/mol. The van der Waals surface area contributed by atoms with Crippen molar-refractivity contribution < 1.29 is 51.7 Å². The second kappa shape index (κ2) is 15.5. The summed E-state index contributed by atoms with van der Waals surface area (Å²) in [5, 5.41) is 16.1. The van der Waals surface area contributed by atoms with Crippen LogP contribution in [0.2, 0.25) is 0 Å².